The number of piperazine rings is 1. The topological polar surface area (TPSA) is 65.5 Å². The molecule has 30 heavy (non-hydrogen) atoms. The minimum atomic E-state index is -3.58. The van der Waals surface area contributed by atoms with E-state index in [2.05, 4.69) is 37.1 Å². The Balaban J connectivity index is 1.18. The molecule has 0 spiro atoms. The van der Waals surface area contributed by atoms with E-state index in [1.165, 1.54) is 22.2 Å². The van der Waals surface area contributed by atoms with Crippen molar-refractivity contribution in [2.45, 2.75) is 17.7 Å². The highest BCUT2D eigenvalue weighted by molar-refractivity contribution is 7.89. The molecule has 0 amide bonds. The largest absolute Gasteiger partial charge is 0.353 e. The predicted molar refractivity (Wildman–Crippen MR) is 119 cm³/mol. The first-order valence-corrected chi connectivity index (χ1v) is 12.4. The second kappa shape index (κ2) is 9.38. The van der Waals surface area contributed by atoms with Crippen LogP contribution in [0.3, 0.4) is 0 Å². The molecule has 0 bridgehead atoms. The summed E-state index contributed by atoms with van der Waals surface area (Å²) in [6, 6.07) is 13.2. The third kappa shape index (κ3) is 4.97. The van der Waals surface area contributed by atoms with E-state index in [1.54, 1.807) is 11.5 Å². The van der Waals surface area contributed by atoms with Gasteiger partial charge < -0.3 is 4.90 Å². The van der Waals surface area contributed by atoms with Crippen LogP contribution in [0.1, 0.15) is 12.8 Å². The molecule has 1 aliphatic rings. The molecule has 0 aliphatic carbocycles. The highest BCUT2D eigenvalue weighted by Crippen LogP contribution is 2.29. The molecule has 3 aromatic rings. The Bertz CT molecular complexity index is 1080. The first-order chi connectivity index (χ1) is 14.5. The van der Waals surface area contributed by atoms with E-state index < -0.39 is 15.8 Å². The standard InChI is InChI=1S/C21H25FN4O2S2/c22-17-7-9-18(10-8-17)30(27,28)23-11-3-4-12-25-13-15-26(16-14-25)21-19-5-1-2-6-20(19)29-24-21/h1-2,5-10,23H,3-4,11-16H2. The summed E-state index contributed by atoms with van der Waals surface area (Å²) in [4.78, 5) is 4.86. The van der Waals surface area contributed by atoms with Crippen molar-refractivity contribution < 1.29 is 12.8 Å². The zero-order valence-electron chi connectivity index (χ0n) is 16.6. The van der Waals surface area contributed by atoms with Crippen LogP contribution >= 0.6 is 11.5 Å². The highest BCUT2D eigenvalue weighted by atomic mass is 32.2. The van der Waals surface area contributed by atoms with Gasteiger partial charge in [0, 0.05) is 38.1 Å². The van der Waals surface area contributed by atoms with E-state index in [9.17, 15) is 12.8 Å². The maximum Gasteiger partial charge on any atom is 0.240 e. The number of benzene rings is 2. The molecule has 0 unspecified atom stereocenters. The SMILES string of the molecule is O=S(=O)(NCCCCN1CCN(c2nsc3ccccc23)CC1)c1ccc(F)cc1. The van der Waals surface area contributed by atoms with Gasteiger partial charge in [0.1, 0.15) is 11.6 Å². The van der Waals surface area contributed by atoms with Gasteiger partial charge in [-0.15, -0.1) is 0 Å². The number of unbranched alkanes of at least 4 members (excludes halogenated alkanes) is 1. The molecule has 0 saturated carbocycles. The van der Waals surface area contributed by atoms with Crippen LogP contribution in [0.25, 0.3) is 10.1 Å². The van der Waals surface area contributed by atoms with E-state index >= 15 is 0 Å². The van der Waals surface area contributed by atoms with Gasteiger partial charge in [-0.2, -0.15) is 4.37 Å². The van der Waals surface area contributed by atoms with E-state index in [1.807, 2.05) is 6.07 Å². The van der Waals surface area contributed by atoms with Crippen LogP contribution in [0.5, 0.6) is 0 Å². The van der Waals surface area contributed by atoms with Gasteiger partial charge in [0.15, 0.2) is 0 Å². The quantitative estimate of drug-likeness (QED) is 0.536. The summed E-state index contributed by atoms with van der Waals surface area (Å²) in [6.45, 7) is 5.19. The van der Waals surface area contributed by atoms with Crippen LogP contribution in [-0.2, 0) is 10.0 Å². The molecule has 2 aromatic carbocycles. The molecule has 2 heterocycles. The van der Waals surface area contributed by atoms with Crippen LogP contribution < -0.4 is 9.62 Å². The number of halogens is 1. The van der Waals surface area contributed by atoms with Gasteiger partial charge in [0.05, 0.1) is 9.60 Å². The predicted octanol–water partition coefficient (Wildman–Crippen LogP) is 3.32. The fourth-order valence-corrected chi connectivity index (χ4v) is 5.52. The zero-order chi connectivity index (χ0) is 21.0. The van der Waals surface area contributed by atoms with E-state index in [0.717, 1.165) is 63.5 Å². The lowest BCUT2D eigenvalue weighted by molar-refractivity contribution is 0.253. The maximum absolute atomic E-state index is 13.0. The average molecular weight is 449 g/mol. The van der Waals surface area contributed by atoms with Crippen LogP contribution in [0.15, 0.2) is 53.4 Å². The maximum atomic E-state index is 13.0. The van der Waals surface area contributed by atoms with E-state index in [4.69, 9.17) is 0 Å². The van der Waals surface area contributed by atoms with Gasteiger partial charge in [-0.1, -0.05) is 12.1 Å². The molecule has 0 radical (unpaired) electrons. The number of hydrogen-bond acceptors (Lipinski definition) is 6. The van der Waals surface area contributed by atoms with Crippen LogP contribution in [0.4, 0.5) is 10.2 Å². The van der Waals surface area contributed by atoms with Gasteiger partial charge in [0.25, 0.3) is 0 Å². The number of nitrogens with zero attached hydrogens (tertiary/aromatic N) is 3. The molecule has 4 rings (SSSR count). The third-order valence-electron chi connectivity index (χ3n) is 5.35. The molecule has 0 atom stereocenters. The van der Waals surface area contributed by atoms with Gasteiger partial charge in [-0.25, -0.2) is 17.5 Å². The monoisotopic (exact) mass is 448 g/mol. The molecule has 1 saturated heterocycles. The molecule has 9 heteroatoms. The summed E-state index contributed by atoms with van der Waals surface area (Å²) in [5.41, 5.74) is 0. The van der Waals surface area contributed by atoms with Crippen molar-refractivity contribution in [3.05, 3.63) is 54.3 Å². The molecule has 1 aromatic heterocycles. The van der Waals surface area contributed by atoms with Gasteiger partial charge >= 0.3 is 0 Å². The summed E-state index contributed by atoms with van der Waals surface area (Å²) >= 11 is 1.55. The van der Waals surface area contributed by atoms with Crippen LogP contribution in [-0.4, -0.2) is 57.0 Å². The van der Waals surface area contributed by atoms with Crippen LogP contribution in [0, 0.1) is 5.82 Å². The smallest absolute Gasteiger partial charge is 0.240 e. The number of hydrogen-bond donors (Lipinski definition) is 1. The van der Waals surface area contributed by atoms with Gasteiger partial charge in [-0.05, 0) is 67.3 Å². The molecule has 1 fully saturated rings. The van der Waals surface area contributed by atoms with Crippen LogP contribution in [0.2, 0.25) is 0 Å². The minimum absolute atomic E-state index is 0.0922. The minimum Gasteiger partial charge on any atom is -0.353 e. The van der Waals surface area contributed by atoms with Crippen molar-refractivity contribution in [3.63, 3.8) is 0 Å². The second-order valence-electron chi connectivity index (χ2n) is 7.39. The summed E-state index contributed by atoms with van der Waals surface area (Å²) in [5, 5.41) is 1.23. The molecule has 6 nitrogen and oxygen atoms in total. The number of fused-ring (bicyclic) bond motifs is 1. The Hall–Kier alpha value is -2.07. The Labute approximate surface area is 180 Å². The summed E-state index contributed by atoms with van der Waals surface area (Å²) in [7, 11) is -3.58. The summed E-state index contributed by atoms with van der Waals surface area (Å²) in [5.74, 6) is 0.641. The number of sulfonamides is 1. The number of aromatic nitrogens is 1. The van der Waals surface area contributed by atoms with E-state index in [0.29, 0.717) is 6.54 Å². The molecular weight excluding hydrogens is 423 g/mol. The lowest BCUT2D eigenvalue weighted by Crippen LogP contribution is -2.46. The van der Waals surface area contributed by atoms with Crippen molar-refractivity contribution >= 4 is 37.5 Å². The Morgan fingerprint density at radius 3 is 2.50 bits per heavy atom. The first kappa shape index (κ1) is 21.2. The molecule has 1 aliphatic heterocycles. The average Bonchev–Trinajstić information content (AvgIpc) is 3.18. The molecular formula is C21H25FN4O2S2. The van der Waals surface area contributed by atoms with Crippen molar-refractivity contribution in [1.82, 2.24) is 14.0 Å². The normalized spacial score (nSPS) is 15.7. The third-order valence-corrected chi connectivity index (χ3v) is 7.64. The Kier molecular flexibility index (Phi) is 6.62. The lowest BCUT2D eigenvalue weighted by atomic mass is 10.2. The van der Waals surface area contributed by atoms with Crippen molar-refractivity contribution in [2.75, 3.05) is 44.2 Å². The Morgan fingerprint density at radius 1 is 1.00 bits per heavy atom. The fourth-order valence-electron chi connectivity index (χ4n) is 3.65. The lowest BCUT2D eigenvalue weighted by Gasteiger charge is -2.35. The van der Waals surface area contributed by atoms with E-state index in [-0.39, 0.29) is 4.90 Å². The summed E-state index contributed by atoms with van der Waals surface area (Å²) in [6.07, 6.45) is 1.68. The number of anilines is 1. The first-order valence-electron chi connectivity index (χ1n) is 10.1. The van der Waals surface area contributed by atoms with Gasteiger partial charge in [0.2, 0.25) is 10.0 Å². The van der Waals surface area contributed by atoms with Crippen molar-refractivity contribution in [1.29, 1.82) is 0 Å². The summed E-state index contributed by atoms with van der Waals surface area (Å²) < 4.78 is 45.8. The Morgan fingerprint density at radius 2 is 1.73 bits per heavy atom. The van der Waals surface area contributed by atoms with Gasteiger partial charge in [-0.3, -0.25) is 4.90 Å². The fraction of sp³-hybridized carbons (Fsp3) is 0.381. The molecule has 1 N–H and O–H groups in total. The number of rotatable bonds is 8. The molecule has 160 valence electrons. The second-order valence-corrected chi connectivity index (χ2v) is 9.96. The number of nitrogens with one attached hydrogen (secondary N) is 1. The van der Waals surface area contributed by atoms with Crippen molar-refractivity contribution in [3.8, 4) is 0 Å². The van der Waals surface area contributed by atoms with Crippen molar-refractivity contribution in [2.24, 2.45) is 0 Å². The highest BCUT2D eigenvalue weighted by Gasteiger charge is 2.20. The zero-order valence-corrected chi connectivity index (χ0v) is 18.3.